The van der Waals surface area contributed by atoms with E-state index in [4.69, 9.17) is 4.42 Å². The molecular weight excluding hydrogens is 845 g/mol. The van der Waals surface area contributed by atoms with Crippen molar-refractivity contribution >= 4 is 103 Å². The van der Waals surface area contributed by atoms with Crippen LogP contribution in [-0.2, 0) is 0 Å². The molecule has 14 rings (SSSR count). The molecule has 3 heterocycles. The van der Waals surface area contributed by atoms with Gasteiger partial charge in [0.15, 0.2) is 0 Å². The number of para-hydroxylation sites is 3. The molecule has 68 heavy (non-hydrogen) atoms. The van der Waals surface area contributed by atoms with Crippen LogP contribution in [0.3, 0.4) is 0 Å². The van der Waals surface area contributed by atoms with Crippen molar-refractivity contribution in [2.24, 2.45) is 0 Å². The van der Waals surface area contributed by atoms with Crippen LogP contribution in [0.25, 0.3) is 114 Å². The van der Waals surface area contributed by atoms with Crippen molar-refractivity contribution in [3.05, 3.63) is 243 Å². The van der Waals surface area contributed by atoms with Gasteiger partial charge in [-0.3, -0.25) is 0 Å². The molecule has 0 aliphatic rings. The van der Waals surface area contributed by atoms with Crippen molar-refractivity contribution < 1.29 is 4.42 Å². The lowest BCUT2D eigenvalue weighted by molar-refractivity contribution is 0.670. The van der Waals surface area contributed by atoms with E-state index in [-0.39, 0.29) is 0 Å². The SMILES string of the molecule is c1cc(-c2ccc3sc4ccccc4c3c2)cc(N(c2cccc(-c3cccc4ccccc34)c2)c2cc(-c3ccc(-n4c5ccccc5c5ccccc54)cc3)c3oc4ccccc4c3c2)c1. The van der Waals surface area contributed by atoms with Gasteiger partial charge in [-0.2, -0.15) is 0 Å². The van der Waals surface area contributed by atoms with E-state index >= 15 is 0 Å². The lowest BCUT2D eigenvalue weighted by atomic mass is 9.97. The largest absolute Gasteiger partial charge is 0.455 e. The van der Waals surface area contributed by atoms with E-state index in [1.807, 2.05) is 11.3 Å². The Kier molecular flexibility index (Phi) is 8.76. The van der Waals surface area contributed by atoms with E-state index in [0.717, 1.165) is 66.9 Å². The Morgan fingerprint density at radius 1 is 0.338 bits per heavy atom. The van der Waals surface area contributed by atoms with Crippen molar-refractivity contribution in [1.29, 1.82) is 0 Å². The zero-order valence-corrected chi connectivity index (χ0v) is 37.6. The van der Waals surface area contributed by atoms with Crippen molar-refractivity contribution in [2.45, 2.75) is 0 Å². The van der Waals surface area contributed by atoms with E-state index in [2.05, 4.69) is 252 Å². The van der Waals surface area contributed by atoms with Gasteiger partial charge in [0.25, 0.3) is 0 Å². The second-order valence-electron chi connectivity index (χ2n) is 17.7. The number of nitrogens with zero attached hydrogens (tertiary/aromatic N) is 2. The number of fused-ring (bicyclic) bond motifs is 10. The van der Waals surface area contributed by atoms with Gasteiger partial charge in [-0.15, -0.1) is 11.3 Å². The number of anilines is 3. The van der Waals surface area contributed by atoms with E-state index in [0.29, 0.717) is 0 Å². The van der Waals surface area contributed by atoms with Crippen LogP contribution in [0.2, 0.25) is 0 Å². The first-order chi connectivity index (χ1) is 33.7. The second-order valence-corrected chi connectivity index (χ2v) is 18.7. The molecule has 0 aliphatic heterocycles. The van der Waals surface area contributed by atoms with Crippen LogP contribution in [0.1, 0.15) is 0 Å². The van der Waals surface area contributed by atoms with Gasteiger partial charge in [-0.05, 0) is 124 Å². The highest BCUT2D eigenvalue weighted by molar-refractivity contribution is 7.25. The summed E-state index contributed by atoms with van der Waals surface area (Å²) in [6.45, 7) is 0. The van der Waals surface area contributed by atoms with Gasteiger partial charge >= 0.3 is 0 Å². The highest BCUT2D eigenvalue weighted by atomic mass is 32.1. The van der Waals surface area contributed by atoms with E-state index in [1.54, 1.807) is 0 Å². The van der Waals surface area contributed by atoms with Crippen molar-refractivity contribution in [3.8, 4) is 39.1 Å². The number of hydrogen-bond acceptors (Lipinski definition) is 3. The summed E-state index contributed by atoms with van der Waals surface area (Å²) >= 11 is 1.85. The maximum Gasteiger partial charge on any atom is 0.143 e. The third-order valence-corrected chi connectivity index (χ3v) is 14.9. The molecule has 0 saturated carbocycles. The number of rotatable bonds is 7. The summed E-state index contributed by atoms with van der Waals surface area (Å²) in [7, 11) is 0. The molecule has 4 heteroatoms. The molecule has 14 aromatic rings. The van der Waals surface area contributed by atoms with Crippen molar-refractivity contribution in [2.75, 3.05) is 4.90 Å². The minimum atomic E-state index is 0.866. The molecule has 318 valence electrons. The molecule has 0 unspecified atom stereocenters. The average Bonchev–Trinajstić information content (AvgIpc) is 4.08. The van der Waals surface area contributed by atoms with Crippen molar-refractivity contribution in [1.82, 2.24) is 4.57 Å². The molecule has 11 aromatic carbocycles. The smallest absolute Gasteiger partial charge is 0.143 e. The molecule has 0 aliphatic carbocycles. The summed E-state index contributed by atoms with van der Waals surface area (Å²) in [5.41, 5.74) is 15.2. The summed E-state index contributed by atoms with van der Waals surface area (Å²) in [6, 6.07) is 88.3. The Hall–Kier alpha value is -8.70. The van der Waals surface area contributed by atoms with Gasteiger partial charge in [0.2, 0.25) is 0 Å². The van der Waals surface area contributed by atoms with Gasteiger partial charge < -0.3 is 13.9 Å². The van der Waals surface area contributed by atoms with Gasteiger partial charge in [-0.1, -0.05) is 158 Å². The van der Waals surface area contributed by atoms with Crippen LogP contribution in [0, 0.1) is 0 Å². The molecule has 0 bridgehead atoms. The quantitative estimate of drug-likeness (QED) is 0.159. The molecule has 0 radical (unpaired) electrons. The van der Waals surface area contributed by atoms with Gasteiger partial charge in [-0.25, -0.2) is 0 Å². The zero-order valence-electron chi connectivity index (χ0n) is 36.8. The zero-order chi connectivity index (χ0) is 44.7. The predicted octanol–water partition coefficient (Wildman–Crippen LogP) is 18.7. The summed E-state index contributed by atoms with van der Waals surface area (Å²) < 4.78 is 11.8. The van der Waals surface area contributed by atoms with Crippen LogP contribution in [0.5, 0.6) is 0 Å². The van der Waals surface area contributed by atoms with E-state index in [9.17, 15) is 0 Å². The minimum absolute atomic E-state index is 0.866. The van der Waals surface area contributed by atoms with E-state index in [1.165, 1.54) is 63.9 Å². The lowest BCUT2D eigenvalue weighted by Gasteiger charge is -2.27. The van der Waals surface area contributed by atoms with Crippen LogP contribution >= 0.6 is 11.3 Å². The number of benzene rings is 11. The molecule has 3 nitrogen and oxygen atoms in total. The Labute approximate surface area is 396 Å². The van der Waals surface area contributed by atoms with E-state index < -0.39 is 0 Å². The first-order valence-electron chi connectivity index (χ1n) is 23.1. The molecule has 0 N–H and O–H groups in total. The molecule has 0 saturated heterocycles. The number of thiophene rings is 1. The Morgan fingerprint density at radius 2 is 0.926 bits per heavy atom. The molecule has 0 atom stereocenters. The summed E-state index contributed by atoms with van der Waals surface area (Å²) in [4.78, 5) is 2.42. The van der Waals surface area contributed by atoms with Crippen molar-refractivity contribution in [3.63, 3.8) is 0 Å². The highest BCUT2D eigenvalue weighted by Crippen LogP contribution is 2.46. The molecule has 0 amide bonds. The number of furan rings is 1. The number of hydrogen-bond donors (Lipinski definition) is 0. The third-order valence-electron chi connectivity index (χ3n) is 13.8. The maximum absolute atomic E-state index is 6.83. The predicted molar refractivity (Wildman–Crippen MR) is 289 cm³/mol. The molecule has 0 spiro atoms. The standard InChI is InChI=1S/C64H40N2OS/c1-2-20-50-41(14-1)15-13-25-51(50)45-17-12-19-48(37-45)65(47-18-11-16-43(36-47)44-32-35-63-57(38-44)55-24-6-10-29-62(55)68-63)49-39-56(64-58(40-49)54-23-5-9-28-61(54)67-64)42-30-33-46(34-31-42)66-59-26-7-3-21-52(59)53-22-4-8-27-60(53)66/h1-40H. The highest BCUT2D eigenvalue weighted by Gasteiger charge is 2.22. The monoisotopic (exact) mass is 884 g/mol. The first-order valence-corrected chi connectivity index (χ1v) is 24.0. The Morgan fingerprint density at radius 3 is 1.72 bits per heavy atom. The summed E-state index contributed by atoms with van der Waals surface area (Å²) in [5, 5.41) is 9.70. The second kappa shape index (κ2) is 15.5. The lowest BCUT2D eigenvalue weighted by Crippen LogP contribution is -2.10. The Balaban J connectivity index is 0.976. The van der Waals surface area contributed by atoms with Gasteiger partial charge in [0.05, 0.1) is 11.0 Å². The van der Waals surface area contributed by atoms with Crippen LogP contribution in [0.4, 0.5) is 17.1 Å². The summed E-state index contributed by atoms with van der Waals surface area (Å²) in [5.74, 6) is 0. The van der Waals surface area contributed by atoms with Crippen LogP contribution < -0.4 is 4.90 Å². The Bertz CT molecular complexity index is 4230. The van der Waals surface area contributed by atoms with Gasteiger partial charge in [0.1, 0.15) is 11.2 Å². The first kappa shape index (κ1) is 38.6. The fourth-order valence-corrected chi connectivity index (χ4v) is 11.7. The average molecular weight is 885 g/mol. The molecule has 3 aromatic heterocycles. The summed E-state index contributed by atoms with van der Waals surface area (Å²) in [6.07, 6.45) is 0. The fraction of sp³-hybridized carbons (Fsp3) is 0. The van der Waals surface area contributed by atoms with Crippen LogP contribution in [-0.4, -0.2) is 4.57 Å². The normalized spacial score (nSPS) is 11.8. The third kappa shape index (κ3) is 6.19. The topological polar surface area (TPSA) is 21.3 Å². The number of aromatic nitrogens is 1. The minimum Gasteiger partial charge on any atom is -0.455 e. The fourth-order valence-electron chi connectivity index (χ4n) is 10.6. The molecule has 0 fully saturated rings. The van der Waals surface area contributed by atoms with Gasteiger partial charge in [0, 0.05) is 70.0 Å². The van der Waals surface area contributed by atoms with Crippen LogP contribution in [0.15, 0.2) is 247 Å². The molecular formula is C64H40N2OS. The maximum atomic E-state index is 6.83.